The van der Waals surface area contributed by atoms with Crippen molar-refractivity contribution in [3.05, 3.63) is 24.3 Å². The molecule has 2 fully saturated rings. The van der Waals surface area contributed by atoms with Gasteiger partial charge in [-0.2, -0.15) is 0 Å². The average molecular weight is 381 g/mol. The van der Waals surface area contributed by atoms with E-state index < -0.39 is 10.0 Å². The first-order valence-electron chi connectivity index (χ1n) is 9.28. The number of benzene rings is 1. The monoisotopic (exact) mass is 380 g/mol. The summed E-state index contributed by atoms with van der Waals surface area (Å²) in [6.45, 7) is 5.31. The maximum atomic E-state index is 12.5. The first-order chi connectivity index (χ1) is 12.4. The Kier molecular flexibility index (Phi) is 6.29. The summed E-state index contributed by atoms with van der Waals surface area (Å²) in [5.41, 5.74) is 0.597. The van der Waals surface area contributed by atoms with Gasteiger partial charge in [-0.15, -0.1) is 0 Å². The number of hydrogen-bond donors (Lipinski definition) is 3. The Hall–Kier alpha value is -1.48. The highest BCUT2D eigenvalue weighted by atomic mass is 32.2. The van der Waals surface area contributed by atoms with Gasteiger partial charge in [-0.1, -0.05) is 0 Å². The van der Waals surface area contributed by atoms with E-state index in [0.717, 1.165) is 51.5 Å². The largest absolute Gasteiger partial charge is 0.326 e. The topological polar surface area (TPSA) is 105 Å². The van der Waals surface area contributed by atoms with Gasteiger partial charge in [0.2, 0.25) is 15.9 Å². The summed E-state index contributed by atoms with van der Waals surface area (Å²) in [5.74, 6) is 0.797. The molecule has 1 amide bonds. The Morgan fingerprint density at radius 3 is 2.31 bits per heavy atom. The molecule has 144 valence electrons. The molecule has 0 saturated carbocycles. The molecule has 0 aromatic heterocycles. The predicted molar refractivity (Wildman–Crippen MR) is 101 cm³/mol. The van der Waals surface area contributed by atoms with Gasteiger partial charge in [0.25, 0.3) is 0 Å². The van der Waals surface area contributed by atoms with Crippen molar-refractivity contribution in [1.29, 1.82) is 0 Å². The summed E-state index contributed by atoms with van der Waals surface area (Å²) in [4.78, 5) is 15.0. The van der Waals surface area contributed by atoms with Crippen molar-refractivity contribution in [3.63, 3.8) is 0 Å². The van der Waals surface area contributed by atoms with Crippen molar-refractivity contribution in [2.75, 3.05) is 38.0 Å². The van der Waals surface area contributed by atoms with Crippen molar-refractivity contribution < 1.29 is 13.2 Å². The van der Waals surface area contributed by atoms with Crippen molar-refractivity contribution in [3.8, 4) is 0 Å². The predicted octanol–water partition coefficient (Wildman–Crippen LogP) is 0.984. The van der Waals surface area contributed by atoms with Gasteiger partial charge in [0.05, 0.1) is 4.90 Å². The Balaban J connectivity index is 1.46. The number of nitrogens with two attached hydrogens (primary N) is 1. The number of piperidine rings is 2. The second kappa shape index (κ2) is 8.47. The number of carbonyl (C=O) groups excluding carboxylic acids is 1. The maximum Gasteiger partial charge on any atom is 0.238 e. The summed E-state index contributed by atoms with van der Waals surface area (Å²) in [5, 5.41) is 11.4. The number of primary sulfonamides is 1. The van der Waals surface area contributed by atoms with E-state index in [1.807, 2.05) is 0 Å². The summed E-state index contributed by atoms with van der Waals surface area (Å²) in [7, 11) is -3.71. The minimum Gasteiger partial charge on any atom is -0.326 e. The standard InChI is InChI=1S/C18H28N4O3S/c19-26(24,25)17-3-1-16(2-4-17)21-18(23)15-7-11-22(12-8-15)13-14-5-9-20-10-6-14/h1-4,14-15,20H,5-13H2,(H,21,23)(H2,19,24,25). The lowest BCUT2D eigenvalue weighted by Crippen LogP contribution is -2.42. The lowest BCUT2D eigenvalue weighted by molar-refractivity contribution is -0.121. The van der Waals surface area contributed by atoms with Crippen LogP contribution in [0.25, 0.3) is 0 Å². The molecule has 8 heteroatoms. The molecule has 0 atom stereocenters. The number of rotatable bonds is 5. The second-order valence-electron chi connectivity index (χ2n) is 7.33. The van der Waals surface area contributed by atoms with Gasteiger partial charge in [0.1, 0.15) is 0 Å². The van der Waals surface area contributed by atoms with Gasteiger partial charge in [0, 0.05) is 18.2 Å². The fraction of sp³-hybridized carbons (Fsp3) is 0.611. The van der Waals surface area contributed by atoms with Gasteiger partial charge in [-0.3, -0.25) is 4.79 Å². The van der Waals surface area contributed by atoms with Crippen LogP contribution in [-0.4, -0.2) is 51.9 Å². The summed E-state index contributed by atoms with van der Waals surface area (Å²) in [6, 6.07) is 5.97. The number of nitrogens with one attached hydrogen (secondary N) is 2. The zero-order chi connectivity index (χ0) is 18.6. The molecule has 0 unspecified atom stereocenters. The first-order valence-corrected chi connectivity index (χ1v) is 10.8. The molecule has 26 heavy (non-hydrogen) atoms. The van der Waals surface area contributed by atoms with Crippen LogP contribution in [-0.2, 0) is 14.8 Å². The van der Waals surface area contributed by atoms with Crippen LogP contribution in [0.4, 0.5) is 5.69 Å². The molecule has 2 aliphatic heterocycles. The third kappa shape index (κ3) is 5.26. The molecule has 4 N–H and O–H groups in total. The molecule has 7 nitrogen and oxygen atoms in total. The highest BCUT2D eigenvalue weighted by molar-refractivity contribution is 7.89. The van der Waals surface area contributed by atoms with Crippen LogP contribution < -0.4 is 15.8 Å². The molecule has 0 spiro atoms. The van der Waals surface area contributed by atoms with E-state index in [0.29, 0.717) is 5.69 Å². The van der Waals surface area contributed by atoms with Crippen LogP contribution in [0.15, 0.2) is 29.2 Å². The Labute approximate surface area is 155 Å². The number of amides is 1. The number of nitrogens with zero attached hydrogens (tertiary/aromatic N) is 1. The Morgan fingerprint density at radius 2 is 1.73 bits per heavy atom. The van der Waals surface area contributed by atoms with Crippen LogP contribution in [0, 0.1) is 11.8 Å². The van der Waals surface area contributed by atoms with Gasteiger partial charge in [0.15, 0.2) is 0 Å². The molecule has 2 saturated heterocycles. The van der Waals surface area contributed by atoms with E-state index in [1.165, 1.54) is 25.0 Å². The summed E-state index contributed by atoms with van der Waals surface area (Å²) >= 11 is 0. The van der Waals surface area contributed by atoms with Crippen molar-refractivity contribution >= 4 is 21.6 Å². The van der Waals surface area contributed by atoms with E-state index >= 15 is 0 Å². The zero-order valence-corrected chi connectivity index (χ0v) is 15.8. The number of likely N-dealkylation sites (tertiary alicyclic amines) is 1. The lowest BCUT2D eigenvalue weighted by Gasteiger charge is -2.35. The second-order valence-corrected chi connectivity index (χ2v) is 8.89. The molecular formula is C18H28N4O3S. The van der Waals surface area contributed by atoms with E-state index in [-0.39, 0.29) is 16.7 Å². The maximum absolute atomic E-state index is 12.5. The van der Waals surface area contributed by atoms with Crippen LogP contribution >= 0.6 is 0 Å². The highest BCUT2D eigenvalue weighted by Gasteiger charge is 2.26. The molecule has 0 radical (unpaired) electrons. The van der Waals surface area contributed by atoms with E-state index in [1.54, 1.807) is 12.1 Å². The van der Waals surface area contributed by atoms with Gasteiger partial charge in [-0.25, -0.2) is 13.6 Å². The van der Waals surface area contributed by atoms with Gasteiger partial charge >= 0.3 is 0 Å². The summed E-state index contributed by atoms with van der Waals surface area (Å²) < 4.78 is 22.5. The third-order valence-corrected chi connectivity index (χ3v) is 6.31. The van der Waals surface area contributed by atoms with E-state index in [9.17, 15) is 13.2 Å². The quantitative estimate of drug-likeness (QED) is 0.706. The zero-order valence-electron chi connectivity index (χ0n) is 15.0. The lowest BCUT2D eigenvalue weighted by atomic mass is 9.93. The number of carbonyl (C=O) groups is 1. The van der Waals surface area contributed by atoms with Crippen LogP contribution in [0.5, 0.6) is 0 Å². The Morgan fingerprint density at radius 1 is 1.12 bits per heavy atom. The fourth-order valence-electron chi connectivity index (χ4n) is 3.78. The molecule has 0 aliphatic carbocycles. The molecule has 2 aliphatic rings. The number of hydrogen-bond acceptors (Lipinski definition) is 5. The minimum atomic E-state index is -3.71. The Bertz CT molecular complexity index is 706. The SMILES string of the molecule is NS(=O)(=O)c1ccc(NC(=O)C2CCN(CC3CCNCC3)CC2)cc1. The minimum absolute atomic E-state index is 0.00914. The number of sulfonamides is 1. The van der Waals surface area contributed by atoms with Crippen LogP contribution in [0.2, 0.25) is 0 Å². The van der Waals surface area contributed by atoms with Crippen LogP contribution in [0.1, 0.15) is 25.7 Å². The summed E-state index contributed by atoms with van der Waals surface area (Å²) in [6.07, 6.45) is 4.22. The molecule has 0 bridgehead atoms. The third-order valence-electron chi connectivity index (χ3n) is 5.38. The normalized spacial score (nSPS) is 20.8. The van der Waals surface area contributed by atoms with Crippen molar-refractivity contribution in [2.45, 2.75) is 30.6 Å². The molecule has 1 aromatic rings. The van der Waals surface area contributed by atoms with E-state index in [2.05, 4.69) is 15.5 Å². The first kappa shape index (κ1) is 19.3. The van der Waals surface area contributed by atoms with Gasteiger partial charge in [-0.05, 0) is 82.0 Å². The van der Waals surface area contributed by atoms with Crippen LogP contribution in [0.3, 0.4) is 0 Å². The molecule has 3 rings (SSSR count). The van der Waals surface area contributed by atoms with Crippen molar-refractivity contribution in [2.24, 2.45) is 17.0 Å². The van der Waals surface area contributed by atoms with E-state index in [4.69, 9.17) is 5.14 Å². The molecular weight excluding hydrogens is 352 g/mol. The van der Waals surface area contributed by atoms with Gasteiger partial charge < -0.3 is 15.5 Å². The smallest absolute Gasteiger partial charge is 0.238 e. The number of anilines is 1. The molecule has 1 aromatic carbocycles. The molecule has 2 heterocycles. The van der Waals surface area contributed by atoms with Crippen molar-refractivity contribution in [1.82, 2.24) is 10.2 Å². The fourth-order valence-corrected chi connectivity index (χ4v) is 4.29. The average Bonchev–Trinajstić information content (AvgIpc) is 2.63. The highest BCUT2D eigenvalue weighted by Crippen LogP contribution is 2.22.